The summed E-state index contributed by atoms with van der Waals surface area (Å²) in [4.78, 5) is 0. The second-order valence-electron chi connectivity index (χ2n) is 4.14. The summed E-state index contributed by atoms with van der Waals surface area (Å²) in [6.45, 7) is 4.50. The monoisotopic (exact) mass is 215 g/mol. The molecule has 1 aliphatic carbocycles. The van der Waals surface area contributed by atoms with E-state index >= 15 is 0 Å². The zero-order valence-electron chi connectivity index (χ0n) is 10.1. The summed E-state index contributed by atoms with van der Waals surface area (Å²) in [6.07, 6.45) is 6.55. The molecule has 0 aliphatic heterocycles. The quantitative estimate of drug-likeness (QED) is 0.659. The van der Waals surface area contributed by atoms with Crippen LogP contribution in [0.3, 0.4) is 0 Å². The van der Waals surface area contributed by atoms with Crippen molar-refractivity contribution in [2.24, 2.45) is 0 Å². The first-order valence-electron chi connectivity index (χ1n) is 6.25. The van der Waals surface area contributed by atoms with Crippen molar-refractivity contribution in [3.05, 3.63) is 0 Å². The zero-order valence-corrected chi connectivity index (χ0v) is 10.1. The van der Waals surface area contributed by atoms with E-state index in [-0.39, 0.29) is 0 Å². The van der Waals surface area contributed by atoms with Gasteiger partial charge >= 0.3 is 0 Å². The van der Waals surface area contributed by atoms with Crippen LogP contribution < -0.4 is 5.32 Å². The van der Waals surface area contributed by atoms with E-state index in [1.54, 1.807) is 0 Å². The van der Waals surface area contributed by atoms with Gasteiger partial charge in [-0.1, -0.05) is 12.8 Å². The first kappa shape index (κ1) is 12.9. The first-order valence-corrected chi connectivity index (χ1v) is 6.25. The molecule has 3 nitrogen and oxygen atoms in total. The lowest BCUT2D eigenvalue weighted by molar-refractivity contribution is -0.00311. The van der Waals surface area contributed by atoms with Crippen LogP contribution in [0.2, 0.25) is 0 Å². The number of hydrogen-bond acceptors (Lipinski definition) is 3. The Balaban J connectivity index is 2.07. The highest BCUT2D eigenvalue weighted by molar-refractivity contribution is 4.80. The summed E-state index contributed by atoms with van der Waals surface area (Å²) in [6, 6.07) is 0.561. The molecule has 1 N–H and O–H groups in total. The number of ether oxygens (including phenoxy) is 2. The molecule has 0 radical (unpaired) electrons. The predicted molar refractivity (Wildman–Crippen MR) is 62.2 cm³/mol. The Labute approximate surface area is 93.5 Å². The molecule has 0 saturated heterocycles. The van der Waals surface area contributed by atoms with E-state index in [1.165, 1.54) is 25.7 Å². The van der Waals surface area contributed by atoms with E-state index in [2.05, 4.69) is 5.32 Å². The standard InChI is InChI=1S/C12H25NO2/c1-3-14-9-6-10-15-12-8-5-4-7-11(12)13-2/h11-13H,3-10H2,1-2H3. The third-order valence-corrected chi connectivity index (χ3v) is 3.04. The normalized spacial score (nSPS) is 26.8. The third-order valence-electron chi connectivity index (χ3n) is 3.04. The SMILES string of the molecule is CCOCCCOC1CCCCC1NC. The van der Waals surface area contributed by atoms with E-state index in [0.29, 0.717) is 12.1 Å². The van der Waals surface area contributed by atoms with E-state index in [1.807, 2.05) is 14.0 Å². The summed E-state index contributed by atoms with van der Waals surface area (Å²) in [5, 5.41) is 3.35. The zero-order chi connectivity index (χ0) is 10.9. The van der Waals surface area contributed by atoms with Gasteiger partial charge in [0.1, 0.15) is 0 Å². The molecule has 2 atom stereocenters. The summed E-state index contributed by atoms with van der Waals surface area (Å²) in [7, 11) is 2.03. The topological polar surface area (TPSA) is 30.5 Å². The van der Waals surface area contributed by atoms with Crippen molar-refractivity contribution in [1.29, 1.82) is 0 Å². The minimum atomic E-state index is 0.422. The molecule has 2 unspecified atom stereocenters. The van der Waals surface area contributed by atoms with Gasteiger partial charge in [0, 0.05) is 25.9 Å². The number of likely N-dealkylation sites (N-methyl/N-ethyl adjacent to an activating group) is 1. The van der Waals surface area contributed by atoms with Crippen LogP contribution in [0.4, 0.5) is 0 Å². The molecule has 1 rings (SSSR count). The minimum Gasteiger partial charge on any atom is -0.382 e. The van der Waals surface area contributed by atoms with Crippen LogP contribution in [0.15, 0.2) is 0 Å². The Kier molecular flexibility index (Phi) is 6.98. The highest BCUT2D eigenvalue weighted by Crippen LogP contribution is 2.21. The van der Waals surface area contributed by atoms with Crippen LogP contribution in [-0.4, -0.2) is 39.0 Å². The maximum atomic E-state index is 5.89. The van der Waals surface area contributed by atoms with E-state index in [0.717, 1.165) is 26.2 Å². The fraction of sp³-hybridized carbons (Fsp3) is 1.00. The van der Waals surface area contributed by atoms with Crippen molar-refractivity contribution < 1.29 is 9.47 Å². The molecule has 1 fully saturated rings. The largest absolute Gasteiger partial charge is 0.382 e. The number of nitrogens with one attached hydrogen (secondary N) is 1. The molecule has 15 heavy (non-hydrogen) atoms. The first-order chi connectivity index (χ1) is 7.38. The van der Waals surface area contributed by atoms with Crippen molar-refractivity contribution in [2.45, 2.75) is 51.2 Å². The Bertz CT molecular complexity index is 153. The molecular weight excluding hydrogens is 190 g/mol. The van der Waals surface area contributed by atoms with Gasteiger partial charge in [0.2, 0.25) is 0 Å². The Morgan fingerprint density at radius 2 is 2.00 bits per heavy atom. The lowest BCUT2D eigenvalue weighted by Crippen LogP contribution is -2.41. The van der Waals surface area contributed by atoms with E-state index < -0.39 is 0 Å². The fourth-order valence-corrected chi connectivity index (χ4v) is 2.17. The summed E-state index contributed by atoms with van der Waals surface area (Å²) >= 11 is 0. The average molecular weight is 215 g/mol. The van der Waals surface area contributed by atoms with Crippen LogP contribution in [-0.2, 0) is 9.47 Å². The summed E-state index contributed by atoms with van der Waals surface area (Å²) in [5.74, 6) is 0. The second kappa shape index (κ2) is 8.08. The van der Waals surface area contributed by atoms with Crippen molar-refractivity contribution in [2.75, 3.05) is 26.9 Å². The fourth-order valence-electron chi connectivity index (χ4n) is 2.17. The van der Waals surface area contributed by atoms with Gasteiger partial charge in [-0.2, -0.15) is 0 Å². The van der Waals surface area contributed by atoms with Crippen molar-refractivity contribution in [1.82, 2.24) is 5.32 Å². The van der Waals surface area contributed by atoms with Crippen molar-refractivity contribution >= 4 is 0 Å². The molecule has 0 aromatic rings. The Hall–Kier alpha value is -0.120. The van der Waals surface area contributed by atoms with Gasteiger partial charge < -0.3 is 14.8 Å². The summed E-state index contributed by atoms with van der Waals surface area (Å²) in [5.41, 5.74) is 0. The molecule has 0 aromatic carbocycles. The van der Waals surface area contributed by atoms with E-state index in [4.69, 9.17) is 9.47 Å². The molecule has 1 saturated carbocycles. The van der Waals surface area contributed by atoms with Crippen LogP contribution in [0.1, 0.15) is 39.0 Å². The minimum absolute atomic E-state index is 0.422. The molecular formula is C12H25NO2. The van der Waals surface area contributed by atoms with Gasteiger partial charge in [0.25, 0.3) is 0 Å². The maximum Gasteiger partial charge on any atom is 0.0727 e. The molecule has 0 amide bonds. The lowest BCUT2D eigenvalue weighted by Gasteiger charge is -2.31. The van der Waals surface area contributed by atoms with Gasteiger partial charge in [0.15, 0.2) is 0 Å². The molecule has 0 spiro atoms. The summed E-state index contributed by atoms with van der Waals surface area (Å²) < 4.78 is 11.2. The Morgan fingerprint density at radius 3 is 2.73 bits per heavy atom. The Morgan fingerprint density at radius 1 is 1.20 bits per heavy atom. The second-order valence-corrected chi connectivity index (χ2v) is 4.14. The van der Waals surface area contributed by atoms with Gasteiger partial charge in [-0.25, -0.2) is 0 Å². The van der Waals surface area contributed by atoms with Crippen molar-refractivity contribution in [3.8, 4) is 0 Å². The average Bonchev–Trinajstić information content (AvgIpc) is 2.29. The van der Waals surface area contributed by atoms with Crippen LogP contribution >= 0.6 is 0 Å². The van der Waals surface area contributed by atoms with Gasteiger partial charge in [-0.05, 0) is 33.2 Å². The highest BCUT2D eigenvalue weighted by Gasteiger charge is 2.23. The van der Waals surface area contributed by atoms with Crippen molar-refractivity contribution in [3.63, 3.8) is 0 Å². The smallest absolute Gasteiger partial charge is 0.0727 e. The molecule has 90 valence electrons. The predicted octanol–water partition coefficient (Wildman–Crippen LogP) is 1.96. The molecule has 3 heteroatoms. The molecule has 0 heterocycles. The lowest BCUT2D eigenvalue weighted by atomic mass is 9.92. The van der Waals surface area contributed by atoms with Crippen LogP contribution in [0, 0.1) is 0 Å². The molecule has 0 bridgehead atoms. The van der Waals surface area contributed by atoms with Gasteiger partial charge in [0.05, 0.1) is 6.10 Å². The maximum absolute atomic E-state index is 5.89. The van der Waals surface area contributed by atoms with Gasteiger partial charge in [-0.15, -0.1) is 0 Å². The molecule has 0 aromatic heterocycles. The number of rotatable bonds is 7. The van der Waals surface area contributed by atoms with Gasteiger partial charge in [-0.3, -0.25) is 0 Å². The molecule has 1 aliphatic rings. The highest BCUT2D eigenvalue weighted by atomic mass is 16.5. The van der Waals surface area contributed by atoms with E-state index in [9.17, 15) is 0 Å². The number of hydrogen-bond donors (Lipinski definition) is 1. The third kappa shape index (κ3) is 4.96. The van der Waals surface area contributed by atoms with Crippen LogP contribution in [0.5, 0.6) is 0 Å². The van der Waals surface area contributed by atoms with Crippen LogP contribution in [0.25, 0.3) is 0 Å².